The Kier molecular flexibility index (Phi) is 3.53. The predicted octanol–water partition coefficient (Wildman–Crippen LogP) is 2.03. The van der Waals surface area contributed by atoms with Gasteiger partial charge >= 0.3 is 0 Å². The second-order valence-electron chi connectivity index (χ2n) is 2.21. The highest BCUT2D eigenvalue weighted by Crippen LogP contribution is 2.26. The number of guanidine groups is 1. The van der Waals surface area contributed by atoms with Crippen molar-refractivity contribution in [3.8, 4) is 0 Å². The summed E-state index contributed by atoms with van der Waals surface area (Å²) in [6.45, 7) is 0. The lowest BCUT2D eigenvalue weighted by atomic mass is 10.3. The zero-order valence-corrected chi connectivity index (χ0v) is 8.80. The van der Waals surface area contributed by atoms with Crippen LogP contribution >= 0.6 is 27.5 Å². The summed E-state index contributed by atoms with van der Waals surface area (Å²) in [4.78, 5) is 3.81. The molecule has 0 atom stereocenters. The van der Waals surface area contributed by atoms with E-state index in [9.17, 15) is 0 Å². The highest BCUT2D eigenvalue weighted by Gasteiger charge is 1.98. The van der Waals surface area contributed by atoms with Crippen LogP contribution in [0.5, 0.6) is 0 Å². The average Bonchev–Trinajstić information content (AvgIpc) is 2.11. The first kappa shape index (κ1) is 10.3. The van der Waals surface area contributed by atoms with Crippen LogP contribution < -0.4 is 11.2 Å². The molecule has 1 aromatic carbocycles. The van der Waals surface area contributed by atoms with Gasteiger partial charge in [-0.1, -0.05) is 11.6 Å². The van der Waals surface area contributed by atoms with E-state index < -0.39 is 0 Å². The van der Waals surface area contributed by atoms with Gasteiger partial charge in [0.1, 0.15) is 0 Å². The molecule has 0 bridgehead atoms. The molecule has 0 saturated carbocycles. The fourth-order valence-corrected chi connectivity index (χ4v) is 1.14. The van der Waals surface area contributed by atoms with Crippen molar-refractivity contribution in [3.63, 3.8) is 0 Å². The van der Waals surface area contributed by atoms with E-state index in [1.54, 1.807) is 23.7 Å². The number of nitrogens with two attached hydrogens (primary N) is 1. The summed E-state index contributed by atoms with van der Waals surface area (Å²) in [5, 5.41) is 8.91. The van der Waals surface area contributed by atoms with Gasteiger partial charge in [0.15, 0.2) is 0 Å². The molecular formula is C7H7BrClN3O. The van der Waals surface area contributed by atoms with Gasteiger partial charge in [-0.15, -0.1) is 0 Å². The monoisotopic (exact) mass is 263 g/mol. The normalized spacial score (nSPS) is 11.5. The lowest BCUT2D eigenvalue weighted by molar-refractivity contribution is 0.233. The van der Waals surface area contributed by atoms with E-state index in [1.807, 2.05) is 0 Å². The molecule has 4 nitrogen and oxygen atoms in total. The molecule has 1 aromatic rings. The SMILES string of the molecule is NC(=Nc1ccc(Br)c(Cl)c1)NO. The number of rotatable bonds is 1. The number of benzene rings is 1. The van der Waals surface area contributed by atoms with Gasteiger partial charge in [-0.25, -0.2) is 10.5 Å². The minimum absolute atomic E-state index is 0.0848. The van der Waals surface area contributed by atoms with Crippen LogP contribution in [-0.2, 0) is 0 Å². The summed E-state index contributed by atoms with van der Waals surface area (Å²) in [6.07, 6.45) is 0. The molecular weight excluding hydrogens is 257 g/mol. The third-order valence-electron chi connectivity index (χ3n) is 1.27. The average molecular weight is 265 g/mol. The Hall–Kier alpha value is -0.780. The van der Waals surface area contributed by atoms with Crippen molar-refractivity contribution >= 4 is 39.2 Å². The fourth-order valence-electron chi connectivity index (χ4n) is 0.719. The fraction of sp³-hybridized carbons (Fsp3) is 0. The predicted molar refractivity (Wildman–Crippen MR) is 55.4 cm³/mol. The van der Waals surface area contributed by atoms with Crippen LogP contribution in [0.2, 0.25) is 5.02 Å². The molecule has 1 rings (SSSR count). The Balaban J connectivity index is 2.98. The van der Waals surface area contributed by atoms with Crippen LogP contribution in [-0.4, -0.2) is 11.2 Å². The van der Waals surface area contributed by atoms with E-state index in [-0.39, 0.29) is 5.96 Å². The second-order valence-corrected chi connectivity index (χ2v) is 3.47. The Labute approximate surface area is 88.5 Å². The maximum absolute atomic E-state index is 8.37. The second kappa shape index (κ2) is 4.45. The Bertz CT molecular complexity index is 343. The number of hydrogen-bond acceptors (Lipinski definition) is 2. The van der Waals surface area contributed by atoms with Crippen LogP contribution in [0.1, 0.15) is 0 Å². The van der Waals surface area contributed by atoms with Crippen LogP contribution in [0, 0.1) is 0 Å². The minimum Gasteiger partial charge on any atom is -0.368 e. The van der Waals surface area contributed by atoms with Crippen molar-refractivity contribution in [1.29, 1.82) is 0 Å². The summed E-state index contributed by atoms with van der Waals surface area (Å²) >= 11 is 9.04. The van der Waals surface area contributed by atoms with Crippen molar-refractivity contribution in [2.45, 2.75) is 0 Å². The van der Waals surface area contributed by atoms with E-state index in [2.05, 4.69) is 20.9 Å². The quantitative estimate of drug-likeness (QED) is 0.413. The lowest BCUT2D eigenvalue weighted by Gasteiger charge is -1.99. The van der Waals surface area contributed by atoms with Crippen molar-refractivity contribution in [2.75, 3.05) is 0 Å². The molecule has 4 N–H and O–H groups in total. The molecule has 0 aliphatic heterocycles. The van der Waals surface area contributed by atoms with Crippen molar-refractivity contribution in [3.05, 3.63) is 27.7 Å². The van der Waals surface area contributed by atoms with Crippen LogP contribution in [0.3, 0.4) is 0 Å². The van der Waals surface area contributed by atoms with Crippen molar-refractivity contribution in [2.24, 2.45) is 10.7 Å². The van der Waals surface area contributed by atoms with Crippen LogP contribution in [0.15, 0.2) is 27.7 Å². The van der Waals surface area contributed by atoms with Crippen LogP contribution in [0.4, 0.5) is 5.69 Å². The number of halogens is 2. The first-order valence-electron chi connectivity index (χ1n) is 3.33. The zero-order chi connectivity index (χ0) is 9.84. The number of nitrogens with one attached hydrogen (secondary N) is 1. The molecule has 0 heterocycles. The summed E-state index contributed by atoms with van der Waals surface area (Å²) in [5.74, 6) is -0.0848. The number of hydroxylamine groups is 1. The van der Waals surface area contributed by atoms with Gasteiger partial charge in [0.05, 0.1) is 10.7 Å². The largest absolute Gasteiger partial charge is 0.368 e. The van der Waals surface area contributed by atoms with Gasteiger partial charge in [0, 0.05) is 4.47 Å². The van der Waals surface area contributed by atoms with E-state index in [1.165, 1.54) is 0 Å². The minimum atomic E-state index is -0.0848. The summed E-state index contributed by atoms with van der Waals surface area (Å²) < 4.78 is 0.781. The van der Waals surface area contributed by atoms with E-state index >= 15 is 0 Å². The first-order valence-corrected chi connectivity index (χ1v) is 4.50. The molecule has 0 aliphatic carbocycles. The highest BCUT2D eigenvalue weighted by atomic mass is 79.9. The molecule has 70 valence electrons. The Morgan fingerprint density at radius 3 is 2.85 bits per heavy atom. The summed E-state index contributed by atoms with van der Waals surface area (Å²) in [6, 6.07) is 5.07. The molecule has 0 amide bonds. The molecule has 0 aromatic heterocycles. The van der Waals surface area contributed by atoms with Crippen molar-refractivity contribution < 1.29 is 5.21 Å². The Morgan fingerprint density at radius 1 is 1.62 bits per heavy atom. The topological polar surface area (TPSA) is 70.6 Å². The molecule has 0 spiro atoms. The number of hydrogen-bond donors (Lipinski definition) is 3. The van der Waals surface area contributed by atoms with E-state index in [4.69, 9.17) is 22.5 Å². The summed E-state index contributed by atoms with van der Waals surface area (Å²) in [5.41, 5.74) is 7.51. The highest BCUT2D eigenvalue weighted by molar-refractivity contribution is 9.10. The molecule has 0 saturated heterocycles. The van der Waals surface area contributed by atoms with Crippen LogP contribution in [0.25, 0.3) is 0 Å². The maximum Gasteiger partial charge on any atom is 0.218 e. The zero-order valence-electron chi connectivity index (χ0n) is 6.46. The smallest absolute Gasteiger partial charge is 0.218 e. The maximum atomic E-state index is 8.37. The van der Waals surface area contributed by atoms with Gasteiger partial charge in [0.25, 0.3) is 0 Å². The standard InChI is InChI=1S/C7H7BrClN3O/c8-5-2-1-4(3-6(5)9)11-7(10)12-13/h1-3,13H,(H3,10,11,12). The van der Waals surface area contributed by atoms with Crippen molar-refractivity contribution in [1.82, 2.24) is 5.48 Å². The number of aliphatic imine (C=N–C) groups is 1. The summed E-state index contributed by atoms with van der Waals surface area (Å²) in [7, 11) is 0. The molecule has 0 aliphatic rings. The van der Waals surface area contributed by atoms with E-state index in [0.717, 1.165) is 4.47 Å². The van der Waals surface area contributed by atoms with Gasteiger partial charge in [-0.05, 0) is 34.1 Å². The third kappa shape index (κ3) is 2.87. The molecule has 6 heteroatoms. The van der Waals surface area contributed by atoms with Gasteiger partial charge < -0.3 is 5.73 Å². The third-order valence-corrected chi connectivity index (χ3v) is 2.50. The van der Waals surface area contributed by atoms with Gasteiger partial charge in [-0.2, -0.15) is 0 Å². The molecule has 13 heavy (non-hydrogen) atoms. The van der Waals surface area contributed by atoms with Gasteiger partial charge in [0.2, 0.25) is 5.96 Å². The van der Waals surface area contributed by atoms with E-state index in [0.29, 0.717) is 10.7 Å². The van der Waals surface area contributed by atoms with Gasteiger partial charge in [-0.3, -0.25) is 5.21 Å². The Morgan fingerprint density at radius 2 is 2.31 bits per heavy atom. The molecule has 0 radical (unpaired) electrons. The lowest BCUT2D eigenvalue weighted by Crippen LogP contribution is -2.27. The molecule has 0 fully saturated rings. The first-order chi connectivity index (χ1) is 6.13. The molecule has 0 unspecified atom stereocenters. The number of nitrogens with zero attached hydrogens (tertiary/aromatic N) is 1.